The lowest BCUT2D eigenvalue weighted by molar-refractivity contribution is -0.143. The van der Waals surface area contributed by atoms with E-state index in [0.717, 1.165) is 15.8 Å². The van der Waals surface area contributed by atoms with Gasteiger partial charge in [-0.25, -0.2) is 0 Å². The predicted molar refractivity (Wildman–Crippen MR) is 110 cm³/mol. The van der Waals surface area contributed by atoms with Gasteiger partial charge in [0.15, 0.2) is 0 Å². The van der Waals surface area contributed by atoms with Crippen molar-refractivity contribution < 1.29 is 17.9 Å². The minimum absolute atomic E-state index is 0.0992. The van der Waals surface area contributed by atoms with Crippen LogP contribution >= 0.6 is 11.3 Å². The minimum Gasteiger partial charge on any atom is -0.465 e. The lowest BCUT2D eigenvalue weighted by atomic mass is 10.0. The Balaban J connectivity index is 2.20. The van der Waals surface area contributed by atoms with E-state index in [-0.39, 0.29) is 22.8 Å². The summed E-state index contributed by atoms with van der Waals surface area (Å²) in [5, 5.41) is 0. The van der Waals surface area contributed by atoms with E-state index in [9.17, 15) is 13.2 Å². The van der Waals surface area contributed by atoms with Crippen molar-refractivity contribution in [3.63, 3.8) is 0 Å². The molecule has 6 nitrogen and oxygen atoms in total. The summed E-state index contributed by atoms with van der Waals surface area (Å²) in [6.45, 7) is 6.07. The Morgan fingerprint density at radius 1 is 1.18 bits per heavy atom. The maximum atomic E-state index is 12.7. The molecule has 0 bridgehead atoms. The number of sulfonamides is 1. The number of carbonyl (C=O) groups is 1. The van der Waals surface area contributed by atoms with Crippen LogP contribution in [0, 0.1) is 0 Å². The first-order valence-electron chi connectivity index (χ1n) is 8.97. The molecule has 28 heavy (non-hydrogen) atoms. The fourth-order valence-corrected chi connectivity index (χ4v) is 5.06. The number of hydrogen-bond donors (Lipinski definition) is 0. The lowest BCUT2D eigenvalue weighted by Crippen LogP contribution is -2.23. The third-order valence-electron chi connectivity index (χ3n) is 4.21. The molecule has 1 aromatic heterocycles. The van der Waals surface area contributed by atoms with Crippen LogP contribution in [-0.2, 0) is 26.1 Å². The average Bonchev–Trinajstić information content (AvgIpc) is 2.98. The van der Waals surface area contributed by atoms with Gasteiger partial charge < -0.3 is 9.30 Å². The molecule has 0 radical (unpaired) electrons. The van der Waals surface area contributed by atoms with Crippen molar-refractivity contribution in [3.05, 3.63) is 58.9 Å². The number of benzene rings is 2. The summed E-state index contributed by atoms with van der Waals surface area (Å²) in [6, 6.07) is 13.9. The number of hydrogen-bond acceptors (Lipinski definition) is 5. The van der Waals surface area contributed by atoms with Crippen molar-refractivity contribution in [2.45, 2.75) is 38.1 Å². The third-order valence-corrected chi connectivity index (χ3v) is 6.64. The number of carbonyl (C=O) groups excluding carboxylic acids is 1. The molecule has 3 aromatic rings. The number of esters is 1. The standard InChI is InChI=1S/C20H22N2O4S2/c1-4-26-19(23)13-22-17-11-10-15(14(2)3)12-18(17)27-20(22)21-28(24,25)16-8-6-5-7-9-16/h5-12,14H,4,13H2,1-3H3. The number of ether oxygens (including phenoxy) is 1. The van der Waals surface area contributed by atoms with Gasteiger partial charge in [0, 0.05) is 0 Å². The van der Waals surface area contributed by atoms with Crippen LogP contribution in [-0.4, -0.2) is 25.6 Å². The Morgan fingerprint density at radius 3 is 2.54 bits per heavy atom. The van der Waals surface area contributed by atoms with Crippen molar-refractivity contribution in [3.8, 4) is 0 Å². The van der Waals surface area contributed by atoms with E-state index in [0.29, 0.717) is 5.92 Å². The molecule has 8 heteroatoms. The second kappa shape index (κ2) is 8.28. The summed E-state index contributed by atoms with van der Waals surface area (Å²) < 4.78 is 37.0. The molecule has 0 saturated carbocycles. The van der Waals surface area contributed by atoms with Gasteiger partial charge in [-0.15, -0.1) is 4.40 Å². The summed E-state index contributed by atoms with van der Waals surface area (Å²) in [6.07, 6.45) is 0. The largest absolute Gasteiger partial charge is 0.465 e. The average molecular weight is 419 g/mol. The molecule has 0 aliphatic rings. The van der Waals surface area contributed by atoms with Gasteiger partial charge in [-0.05, 0) is 42.7 Å². The van der Waals surface area contributed by atoms with E-state index in [1.807, 2.05) is 18.2 Å². The van der Waals surface area contributed by atoms with Crippen molar-refractivity contribution in [2.75, 3.05) is 6.61 Å². The van der Waals surface area contributed by atoms with Crippen molar-refractivity contribution in [1.82, 2.24) is 4.57 Å². The maximum absolute atomic E-state index is 12.7. The normalized spacial score (nSPS) is 12.6. The van der Waals surface area contributed by atoms with E-state index in [4.69, 9.17) is 4.74 Å². The minimum atomic E-state index is -3.90. The summed E-state index contributed by atoms with van der Waals surface area (Å²) in [5.41, 5.74) is 1.89. The molecule has 0 spiro atoms. The van der Waals surface area contributed by atoms with Crippen LogP contribution in [0.4, 0.5) is 0 Å². The molecular formula is C20H22N2O4S2. The molecule has 0 aliphatic carbocycles. The Kier molecular flexibility index (Phi) is 6.00. The van der Waals surface area contributed by atoms with Gasteiger partial charge >= 0.3 is 5.97 Å². The second-order valence-electron chi connectivity index (χ2n) is 6.54. The van der Waals surface area contributed by atoms with Crippen LogP contribution in [0.1, 0.15) is 32.3 Å². The first-order chi connectivity index (χ1) is 13.3. The zero-order valence-corrected chi connectivity index (χ0v) is 17.6. The summed E-state index contributed by atoms with van der Waals surface area (Å²) in [5.74, 6) is -0.104. The van der Waals surface area contributed by atoms with E-state index in [2.05, 4.69) is 18.2 Å². The van der Waals surface area contributed by atoms with E-state index < -0.39 is 16.0 Å². The van der Waals surface area contributed by atoms with Crippen LogP contribution in [0.2, 0.25) is 0 Å². The Bertz CT molecular complexity index is 1160. The molecule has 3 rings (SSSR count). The van der Waals surface area contributed by atoms with Crippen molar-refractivity contribution in [2.24, 2.45) is 4.40 Å². The Morgan fingerprint density at radius 2 is 1.89 bits per heavy atom. The molecular weight excluding hydrogens is 396 g/mol. The highest BCUT2D eigenvalue weighted by Gasteiger charge is 2.17. The molecule has 2 aromatic carbocycles. The maximum Gasteiger partial charge on any atom is 0.326 e. The predicted octanol–water partition coefficient (Wildman–Crippen LogP) is 3.68. The number of fused-ring (bicyclic) bond motifs is 1. The van der Waals surface area contributed by atoms with Gasteiger partial charge in [0.1, 0.15) is 6.54 Å². The van der Waals surface area contributed by atoms with Crippen LogP contribution in [0.3, 0.4) is 0 Å². The fourth-order valence-electron chi connectivity index (χ4n) is 2.76. The van der Waals surface area contributed by atoms with Crippen LogP contribution < -0.4 is 4.80 Å². The van der Waals surface area contributed by atoms with Crippen molar-refractivity contribution in [1.29, 1.82) is 0 Å². The van der Waals surface area contributed by atoms with Gasteiger partial charge in [0.05, 0.1) is 21.7 Å². The number of nitrogens with zero attached hydrogens (tertiary/aromatic N) is 2. The zero-order chi connectivity index (χ0) is 20.3. The van der Waals surface area contributed by atoms with Crippen LogP contribution in [0.15, 0.2) is 57.8 Å². The van der Waals surface area contributed by atoms with Gasteiger partial charge in [0.25, 0.3) is 10.0 Å². The summed E-state index contributed by atoms with van der Waals surface area (Å²) in [4.78, 5) is 12.4. The van der Waals surface area contributed by atoms with E-state index in [1.54, 1.807) is 29.7 Å². The number of rotatable bonds is 6. The Hall–Kier alpha value is -2.45. The summed E-state index contributed by atoms with van der Waals surface area (Å²) >= 11 is 1.25. The second-order valence-corrected chi connectivity index (χ2v) is 9.15. The van der Waals surface area contributed by atoms with Crippen LogP contribution in [0.25, 0.3) is 10.2 Å². The smallest absolute Gasteiger partial charge is 0.326 e. The quantitative estimate of drug-likeness (QED) is 0.572. The zero-order valence-electron chi connectivity index (χ0n) is 16.0. The molecule has 0 saturated heterocycles. The molecule has 0 amide bonds. The first-order valence-corrected chi connectivity index (χ1v) is 11.2. The lowest BCUT2D eigenvalue weighted by Gasteiger charge is -2.07. The molecule has 0 aliphatic heterocycles. The SMILES string of the molecule is CCOC(=O)Cn1c(=NS(=O)(=O)c2ccccc2)sc2cc(C(C)C)ccc21. The Labute approximate surface area is 168 Å². The van der Waals surface area contributed by atoms with Gasteiger partial charge in [0.2, 0.25) is 4.80 Å². The van der Waals surface area contributed by atoms with Crippen LogP contribution in [0.5, 0.6) is 0 Å². The summed E-state index contributed by atoms with van der Waals surface area (Å²) in [7, 11) is -3.90. The van der Waals surface area contributed by atoms with Gasteiger partial charge in [-0.2, -0.15) is 8.42 Å². The molecule has 0 fully saturated rings. The highest BCUT2D eigenvalue weighted by Crippen LogP contribution is 2.24. The highest BCUT2D eigenvalue weighted by molar-refractivity contribution is 7.90. The molecule has 1 heterocycles. The van der Waals surface area contributed by atoms with Gasteiger partial charge in [-0.1, -0.05) is 49.4 Å². The highest BCUT2D eigenvalue weighted by atomic mass is 32.2. The van der Waals surface area contributed by atoms with E-state index in [1.165, 1.54) is 23.5 Å². The van der Waals surface area contributed by atoms with Crippen molar-refractivity contribution >= 4 is 37.5 Å². The third kappa shape index (κ3) is 4.34. The first kappa shape index (κ1) is 20.3. The fraction of sp³-hybridized carbons (Fsp3) is 0.300. The molecule has 0 N–H and O–H groups in total. The number of aromatic nitrogens is 1. The topological polar surface area (TPSA) is 77.7 Å². The van der Waals surface area contributed by atoms with Gasteiger partial charge in [-0.3, -0.25) is 4.79 Å². The molecule has 0 unspecified atom stereocenters. The monoisotopic (exact) mass is 418 g/mol. The van der Waals surface area contributed by atoms with E-state index >= 15 is 0 Å². The molecule has 148 valence electrons. The number of thiazole rings is 1. The molecule has 0 atom stereocenters.